The lowest BCUT2D eigenvalue weighted by atomic mass is 9.85. The third kappa shape index (κ3) is 2.89. The van der Waals surface area contributed by atoms with Crippen LogP contribution in [-0.4, -0.2) is 0 Å². The van der Waals surface area contributed by atoms with E-state index in [-0.39, 0.29) is 0 Å². The number of hydrogen-bond donors (Lipinski definition) is 0. The number of aryl methyl sites for hydroxylation is 3. The molecule has 0 saturated carbocycles. The molecule has 1 rings (SSSR count). The Morgan fingerprint density at radius 3 is 2.19 bits per heavy atom. The van der Waals surface area contributed by atoms with Gasteiger partial charge in [0.15, 0.2) is 0 Å². The largest absolute Gasteiger partial charge is 0.120 e. The van der Waals surface area contributed by atoms with E-state index in [1.165, 1.54) is 35.1 Å². The first-order valence-corrected chi connectivity index (χ1v) is 6.11. The molecule has 0 aliphatic heterocycles. The first kappa shape index (κ1) is 12.8. The van der Waals surface area contributed by atoms with E-state index in [4.69, 9.17) is 6.42 Å². The van der Waals surface area contributed by atoms with E-state index in [0.717, 1.165) is 6.42 Å². The van der Waals surface area contributed by atoms with Crippen LogP contribution < -0.4 is 0 Å². The summed E-state index contributed by atoms with van der Waals surface area (Å²) in [6.45, 7) is 8.78. The summed E-state index contributed by atoms with van der Waals surface area (Å²) in [5.41, 5.74) is 5.61. The smallest absolute Gasteiger partial charge is 0.0155 e. The van der Waals surface area contributed by atoms with Crippen molar-refractivity contribution < 1.29 is 0 Å². The molecule has 0 aromatic heterocycles. The predicted molar refractivity (Wildman–Crippen MR) is 71.8 cm³/mol. The zero-order chi connectivity index (χ0) is 12.1. The predicted octanol–water partition coefficient (Wildman–Crippen LogP) is 4.52. The highest BCUT2D eigenvalue weighted by atomic mass is 14.2. The van der Waals surface area contributed by atoms with Crippen molar-refractivity contribution in [2.45, 2.75) is 52.9 Å². The summed E-state index contributed by atoms with van der Waals surface area (Å²) in [6.07, 6.45) is 8.72. The molecule has 0 spiro atoms. The zero-order valence-corrected chi connectivity index (χ0v) is 10.9. The SMILES string of the molecule is C#CCC(CCC)c1c(C)cc(C)cc1C. The van der Waals surface area contributed by atoms with Gasteiger partial charge in [0, 0.05) is 6.42 Å². The van der Waals surface area contributed by atoms with Crippen LogP contribution in [-0.2, 0) is 0 Å². The minimum Gasteiger partial charge on any atom is -0.120 e. The second-order valence-electron chi connectivity index (χ2n) is 4.71. The highest BCUT2D eigenvalue weighted by molar-refractivity contribution is 5.40. The van der Waals surface area contributed by atoms with Gasteiger partial charge in [-0.1, -0.05) is 31.0 Å². The maximum absolute atomic E-state index is 5.48. The van der Waals surface area contributed by atoms with E-state index in [2.05, 4.69) is 45.7 Å². The number of terminal acetylenes is 1. The van der Waals surface area contributed by atoms with E-state index < -0.39 is 0 Å². The van der Waals surface area contributed by atoms with Gasteiger partial charge in [0.2, 0.25) is 0 Å². The van der Waals surface area contributed by atoms with Gasteiger partial charge in [0.05, 0.1) is 0 Å². The number of hydrogen-bond acceptors (Lipinski definition) is 0. The molecule has 1 atom stereocenters. The van der Waals surface area contributed by atoms with Crippen LogP contribution in [0.3, 0.4) is 0 Å². The van der Waals surface area contributed by atoms with Crippen LogP contribution in [0, 0.1) is 33.1 Å². The average Bonchev–Trinajstić information content (AvgIpc) is 2.16. The molecule has 0 N–H and O–H groups in total. The van der Waals surface area contributed by atoms with Gasteiger partial charge >= 0.3 is 0 Å². The lowest BCUT2D eigenvalue weighted by molar-refractivity contribution is 0.622. The van der Waals surface area contributed by atoms with E-state index in [9.17, 15) is 0 Å². The Balaban J connectivity index is 3.13. The Bertz CT molecular complexity index is 370. The second kappa shape index (κ2) is 5.75. The maximum atomic E-state index is 5.48. The van der Waals surface area contributed by atoms with Gasteiger partial charge in [-0.3, -0.25) is 0 Å². The minimum absolute atomic E-state index is 0.538. The Morgan fingerprint density at radius 1 is 1.19 bits per heavy atom. The third-order valence-corrected chi connectivity index (χ3v) is 3.15. The fourth-order valence-corrected chi connectivity index (χ4v) is 2.67. The van der Waals surface area contributed by atoms with Crippen molar-refractivity contribution >= 4 is 0 Å². The lowest BCUT2D eigenvalue weighted by Crippen LogP contribution is -2.03. The van der Waals surface area contributed by atoms with Crippen LogP contribution in [0.2, 0.25) is 0 Å². The third-order valence-electron chi connectivity index (χ3n) is 3.15. The zero-order valence-electron chi connectivity index (χ0n) is 10.9. The van der Waals surface area contributed by atoms with Crippen molar-refractivity contribution in [1.82, 2.24) is 0 Å². The van der Waals surface area contributed by atoms with Crippen molar-refractivity contribution in [3.05, 3.63) is 34.4 Å². The molecule has 0 radical (unpaired) electrons. The van der Waals surface area contributed by atoms with E-state index in [1.807, 2.05) is 0 Å². The normalized spacial score (nSPS) is 12.2. The topological polar surface area (TPSA) is 0 Å². The molecule has 0 heterocycles. The van der Waals surface area contributed by atoms with Crippen molar-refractivity contribution in [3.8, 4) is 12.3 Å². The van der Waals surface area contributed by atoms with E-state index in [0.29, 0.717) is 5.92 Å². The summed E-state index contributed by atoms with van der Waals surface area (Å²) >= 11 is 0. The van der Waals surface area contributed by atoms with E-state index in [1.54, 1.807) is 0 Å². The molecule has 86 valence electrons. The fourth-order valence-electron chi connectivity index (χ4n) is 2.67. The van der Waals surface area contributed by atoms with Gasteiger partial charge in [-0.05, 0) is 49.8 Å². The molecule has 0 aliphatic rings. The lowest BCUT2D eigenvalue weighted by Gasteiger charge is -2.20. The second-order valence-corrected chi connectivity index (χ2v) is 4.71. The van der Waals surface area contributed by atoms with Gasteiger partial charge in [0.1, 0.15) is 0 Å². The first-order chi connectivity index (χ1) is 7.60. The van der Waals surface area contributed by atoms with Crippen LogP contribution >= 0.6 is 0 Å². The van der Waals surface area contributed by atoms with E-state index >= 15 is 0 Å². The van der Waals surface area contributed by atoms with Gasteiger partial charge in [0.25, 0.3) is 0 Å². The Morgan fingerprint density at radius 2 is 1.75 bits per heavy atom. The summed E-state index contributed by atoms with van der Waals surface area (Å²) in [5, 5.41) is 0. The first-order valence-electron chi connectivity index (χ1n) is 6.11. The monoisotopic (exact) mass is 214 g/mol. The summed E-state index contributed by atoms with van der Waals surface area (Å²) in [7, 11) is 0. The molecule has 1 aromatic carbocycles. The van der Waals surface area contributed by atoms with Gasteiger partial charge in [-0.2, -0.15) is 0 Å². The molecule has 0 fully saturated rings. The quantitative estimate of drug-likeness (QED) is 0.646. The van der Waals surface area contributed by atoms with Crippen molar-refractivity contribution in [3.63, 3.8) is 0 Å². The standard InChI is InChI=1S/C16H22/c1-6-8-15(9-7-2)16-13(4)10-12(3)11-14(16)5/h1,10-11,15H,7-9H2,2-5H3. The molecule has 0 heteroatoms. The molecule has 0 bridgehead atoms. The molecule has 0 aliphatic carbocycles. The summed E-state index contributed by atoms with van der Waals surface area (Å²) < 4.78 is 0. The van der Waals surface area contributed by atoms with Crippen molar-refractivity contribution in [2.75, 3.05) is 0 Å². The molecule has 1 aromatic rings. The Hall–Kier alpha value is -1.22. The van der Waals surface area contributed by atoms with Crippen LogP contribution in [0.5, 0.6) is 0 Å². The Labute approximate surface area is 100 Å². The molecular formula is C16H22. The molecule has 1 unspecified atom stereocenters. The number of benzene rings is 1. The van der Waals surface area contributed by atoms with Crippen LogP contribution in [0.25, 0.3) is 0 Å². The highest BCUT2D eigenvalue weighted by Crippen LogP contribution is 2.30. The Kier molecular flexibility index (Phi) is 4.62. The number of rotatable bonds is 4. The van der Waals surface area contributed by atoms with Gasteiger partial charge in [-0.25, -0.2) is 0 Å². The molecule has 0 nitrogen and oxygen atoms in total. The molecule has 0 saturated heterocycles. The fraction of sp³-hybridized carbons (Fsp3) is 0.500. The van der Waals surface area contributed by atoms with Crippen LogP contribution in [0.1, 0.15) is 54.4 Å². The summed E-state index contributed by atoms with van der Waals surface area (Å²) in [6, 6.07) is 4.53. The molecular weight excluding hydrogens is 192 g/mol. The van der Waals surface area contributed by atoms with Crippen LogP contribution in [0.15, 0.2) is 12.1 Å². The van der Waals surface area contributed by atoms with Gasteiger partial charge < -0.3 is 0 Å². The average molecular weight is 214 g/mol. The summed E-state index contributed by atoms with van der Waals surface area (Å²) in [4.78, 5) is 0. The van der Waals surface area contributed by atoms with Crippen molar-refractivity contribution in [2.24, 2.45) is 0 Å². The minimum atomic E-state index is 0.538. The molecule has 16 heavy (non-hydrogen) atoms. The maximum Gasteiger partial charge on any atom is 0.0155 e. The summed E-state index contributed by atoms with van der Waals surface area (Å²) in [5.74, 6) is 3.36. The highest BCUT2D eigenvalue weighted by Gasteiger charge is 2.14. The van der Waals surface area contributed by atoms with Crippen molar-refractivity contribution in [1.29, 1.82) is 0 Å². The molecule has 0 amide bonds. The van der Waals surface area contributed by atoms with Crippen LogP contribution in [0.4, 0.5) is 0 Å². The van der Waals surface area contributed by atoms with Gasteiger partial charge in [-0.15, -0.1) is 12.3 Å².